The van der Waals surface area contributed by atoms with E-state index >= 15 is 0 Å². The third kappa shape index (κ3) is 4.32. The van der Waals surface area contributed by atoms with Gasteiger partial charge in [-0.1, -0.05) is 42.0 Å². The molecule has 0 radical (unpaired) electrons. The number of aryl methyl sites for hydroxylation is 1. The van der Waals surface area contributed by atoms with E-state index in [1.54, 1.807) is 28.8 Å². The first-order valence-corrected chi connectivity index (χ1v) is 10.1. The van der Waals surface area contributed by atoms with E-state index < -0.39 is 17.4 Å². The standard InChI is InChI=1S/C21H19N7O3S/c1-12-5-4-6-13(11-12)18-24-27-21(32)28(18)10-9-16(29)22-26-20(31)17-14-7-2-3-8-15(14)19(30)25-23-17/h2-8,11H,9-10H2,1H3,(H,22,29)(H,25,30)(H,26,31)(H,27,32). The summed E-state index contributed by atoms with van der Waals surface area (Å²) >= 11 is 5.29. The topological polar surface area (TPSA) is 138 Å². The number of aromatic nitrogens is 5. The van der Waals surface area contributed by atoms with Gasteiger partial charge in [0.25, 0.3) is 11.5 Å². The van der Waals surface area contributed by atoms with Gasteiger partial charge in [0.2, 0.25) is 5.91 Å². The van der Waals surface area contributed by atoms with Gasteiger partial charge in [0.15, 0.2) is 16.3 Å². The maximum absolute atomic E-state index is 12.5. The number of rotatable bonds is 5. The molecule has 0 saturated carbocycles. The van der Waals surface area contributed by atoms with Gasteiger partial charge in [0.05, 0.1) is 5.39 Å². The number of nitrogens with one attached hydrogen (secondary N) is 4. The molecule has 0 atom stereocenters. The van der Waals surface area contributed by atoms with Crippen LogP contribution in [0, 0.1) is 11.7 Å². The molecule has 4 N–H and O–H groups in total. The fourth-order valence-corrected chi connectivity index (χ4v) is 3.50. The highest BCUT2D eigenvalue weighted by molar-refractivity contribution is 7.71. The third-order valence-corrected chi connectivity index (χ3v) is 5.14. The van der Waals surface area contributed by atoms with E-state index in [0.717, 1.165) is 11.1 Å². The van der Waals surface area contributed by atoms with Gasteiger partial charge in [0.1, 0.15) is 0 Å². The summed E-state index contributed by atoms with van der Waals surface area (Å²) in [5, 5.41) is 13.8. The van der Waals surface area contributed by atoms with Crippen LogP contribution >= 0.6 is 12.2 Å². The molecule has 2 amide bonds. The number of hydrazine groups is 1. The van der Waals surface area contributed by atoms with Gasteiger partial charge in [-0.05, 0) is 31.3 Å². The van der Waals surface area contributed by atoms with Crippen molar-refractivity contribution < 1.29 is 9.59 Å². The van der Waals surface area contributed by atoms with E-state index in [4.69, 9.17) is 12.2 Å². The van der Waals surface area contributed by atoms with Crippen LogP contribution in [0.5, 0.6) is 0 Å². The van der Waals surface area contributed by atoms with Crippen molar-refractivity contribution in [3.05, 3.63) is 74.9 Å². The number of hydrogen-bond acceptors (Lipinski definition) is 6. The Hall–Kier alpha value is -4.12. The van der Waals surface area contributed by atoms with Crippen LogP contribution in [0.2, 0.25) is 0 Å². The van der Waals surface area contributed by atoms with Crippen molar-refractivity contribution in [1.29, 1.82) is 0 Å². The molecule has 32 heavy (non-hydrogen) atoms. The van der Waals surface area contributed by atoms with Crippen LogP contribution in [0.15, 0.2) is 53.3 Å². The Labute approximate surface area is 186 Å². The van der Waals surface area contributed by atoms with Gasteiger partial charge in [-0.15, -0.1) is 0 Å². The normalized spacial score (nSPS) is 10.8. The molecule has 4 aromatic rings. The number of amides is 2. The number of carbonyl (C=O) groups is 2. The Bertz CT molecular complexity index is 1440. The van der Waals surface area contributed by atoms with Crippen molar-refractivity contribution in [2.75, 3.05) is 0 Å². The second kappa shape index (κ2) is 8.94. The second-order valence-corrected chi connectivity index (χ2v) is 7.46. The van der Waals surface area contributed by atoms with E-state index in [2.05, 4.69) is 31.2 Å². The Morgan fingerprint density at radius 3 is 2.59 bits per heavy atom. The molecule has 0 aliphatic rings. The predicted octanol–water partition coefficient (Wildman–Crippen LogP) is 2.00. The van der Waals surface area contributed by atoms with Crippen molar-refractivity contribution in [1.82, 2.24) is 35.8 Å². The van der Waals surface area contributed by atoms with Gasteiger partial charge < -0.3 is 0 Å². The number of aromatic amines is 2. The summed E-state index contributed by atoms with van der Waals surface area (Å²) in [7, 11) is 0. The lowest BCUT2D eigenvalue weighted by Gasteiger charge is -2.10. The summed E-state index contributed by atoms with van der Waals surface area (Å²) in [6, 6.07) is 14.4. The number of hydrogen-bond donors (Lipinski definition) is 4. The highest BCUT2D eigenvalue weighted by Crippen LogP contribution is 2.19. The molecule has 2 heterocycles. The molecular weight excluding hydrogens is 430 g/mol. The van der Waals surface area contributed by atoms with Crippen LogP contribution in [0.1, 0.15) is 22.5 Å². The van der Waals surface area contributed by atoms with Crippen molar-refractivity contribution in [2.45, 2.75) is 19.9 Å². The van der Waals surface area contributed by atoms with Gasteiger partial charge in [-0.2, -0.15) is 10.2 Å². The highest BCUT2D eigenvalue weighted by atomic mass is 32.1. The minimum absolute atomic E-state index is 0.000660. The minimum atomic E-state index is -0.647. The molecule has 10 nitrogen and oxygen atoms in total. The lowest BCUT2D eigenvalue weighted by molar-refractivity contribution is -0.122. The maximum Gasteiger partial charge on any atom is 0.290 e. The lowest BCUT2D eigenvalue weighted by Crippen LogP contribution is -2.42. The zero-order valence-electron chi connectivity index (χ0n) is 17.0. The fraction of sp³-hybridized carbons (Fsp3) is 0.143. The first-order chi connectivity index (χ1) is 15.4. The Balaban J connectivity index is 1.42. The Morgan fingerprint density at radius 1 is 1.03 bits per heavy atom. The molecule has 0 bridgehead atoms. The molecule has 11 heteroatoms. The Kier molecular flexibility index (Phi) is 5.90. The molecule has 4 rings (SSSR count). The molecule has 0 fully saturated rings. The number of fused-ring (bicyclic) bond motifs is 1. The summed E-state index contributed by atoms with van der Waals surface area (Å²) in [5.74, 6) is -0.448. The molecule has 0 spiro atoms. The van der Waals surface area contributed by atoms with Gasteiger partial charge in [-0.3, -0.25) is 34.9 Å². The number of benzene rings is 2. The van der Waals surface area contributed by atoms with Gasteiger partial charge in [0, 0.05) is 23.9 Å². The first kappa shape index (κ1) is 21.1. The van der Waals surface area contributed by atoms with E-state index in [1.165, 1.54) is 0 Å². The molecular formula is C21H19N7O3S. The van der Waals surface area contributed by atoms with Crippen LogP contribution in [0.4, 0.5) is 0 Å². The molecule has 2 aromatic carbocycles. The average molecular weight is 449 g/mol. The highest BCUT2D eigenvalue weighted by Gasteiger charge is 2.15. The molecule has 0 aliphatic heterocycles. The monoisotopic (exact) mass is 449 g/mol. The number of H-pyrrole nitrogens is 2. The minimum Gasteiger partial charge on any atom is -0.300 e. The van der Waals surface area contributed by atoms with Crippen molar-refractivity contribution in [3.8, 4) is 11.4 Å². The van der Waals surface area contributed by atoms with Gasteiger partial charge in [-0.25, -0.2) is 5.10 Å². The van der Waals surface area contributed by atoms with Crippen molar-refractivity contribution in [2.24, 2.45) is 0 Å². The Morgan fingerprint density at radius 2 is 1.81 bits per heavy atom. The van der Waals surface area contributed by atoms with E-state index in [1.807, 2.05) is 31.2 Å². The summed E-state index contributed by atoms with van der Waals surface area (Å²) in [6.45, 7) is 2.24. The number of carbonyl (C=O) groups excluding carboxylic acids is 2. The third-order valence-electron chi connectivity index (χ3n) is 4.82. The smallest absolute Gasteiger partial charge is 0.290 e. The SMILES string of the molecule is Cc1cccc(-c2n[nH]c(=S)n2CCC(=O)NNC(=O)c2n[nH]c(=O)c3ccccc23)c1. The molecule has 162 valence electrons. The van der Waals surface area contributed by atoms with E-state index in [9.17, 15) is 14.4 Å². The van der Waals surface area contributed by atoms with Crippen LogP contribution < -0.4 is 16.4 Å². The van der Waals surface area contributed by atoms with Crippen LogP contribution in [-0.4, -0.2) is 36.8 Å². The summed E-state index contributed by atoms with van der Waals surface area (Å²) in [6.07, 6.45) is 0.0483. The molecule has 0 unspecified atom stereocenters. The van der Waals surface area contributed by atoms with Crippen LogP contribution in [0.3, 0.4) is 0 Å². The van der Waals surface area contributed by atoms with Crippen molar-refractivity contribution >= 4 is 34.8 Å². The predicted molar refractivity (Wildman–Crippen MR) is 120 cm³/mol. The average Bonchev–Trinajstić information content (AvgIpc) is 3.17. The quantitative estimate of drug-likeness (QED) is 0.272. The molecule has 0 saturated heterocycles. The lowest BCUT2D eigenvalue weighted by atomic mass is 10.1. The van der Waals surface area contributed by atoms with E-state index in [-0.39, 0.29) is 18.7 Å². The van der Waals surface area contributed by atoms with Crippen molar-refractivity contribution in [3.63, 3.8) is 0 Å². The van der Waals surface area contributed by atoms with Crippen LogP contribution in [-0.2, 0) is 11.3 Å². The summed E-state index contributed by atoms with van der Waals surface area (Å²) in [4.78, 5) is 36.7. The maximum atomic E-state index is 12.5. The number of nitrogens with zero attached hydrogens (tertiary/aromatic N) is 3. The summed E-state index contributed by atoms with van der Waals surface area (Å²) < 4.78 is 2.12. The largest absolute Gasteiger partial charge is 0.300 e. The molecule has 2 aromatic heterocycles. The van der Waals surface area contributed by atoms with Gasteiger partial charge >= 0.3 is 0 Å². The molecule has 0 aliphatic carbocycles. The first-order valence-electron chi connectivity index (χ1n) is 9.73. The van der Waals surface area contributed by atoms with E-state index in [0.29, 0.717) is 21.4 Å². The fourth-order valence-electron chi connectivity index (χ4n) is 3.28. The van der Waals surface area contributed by atoms with Crippen LogP contribution in [0.25, 0.3) is 22.2 Å². The zero-order valence-corrected chi connectivity index (χ0v) is 17.8. The summed E-state index contributed by atoms with van der Waals surface area (Å²) in [5.41, 5.74) is 6.24. The zero-order chi connectivity index (χ0) is 22.7. The second-order valence-electron chi connectivity index (χ2n) is 7.07.